The van der Waals surface area contributed by atoms with Gasteiger partial charge in [0.25, 0.3) is 0 Å². The highest BCUT2D eigenvalue weighted by molar-refractivity contribution is 6.33. The number of aryl methyl sites for hydroxylation is 1. The molecular weight excluding hydrogens is 343 g/mol. The first kappa shape index (κ1) is 17.4. The van der Waals surface area contributed by atoms with Gasteiger partial charge in [-0.15, -0.1) is 0 Å². The average Bonchev–Trinajstić information content (AvgIpc) is 2.99. The molecule has 0 radical (unpaired) electrons. The molecule has 3 rings (SSSR count). The van der Waals surface area contributed by atoms with Crippen molar-refractivity contribution in [2.75, 3.05) is 16.8 Å². The molecule has 1 aliphatic heterocycles. The number of nitrogens with zero attached hydrogens (tertiary/aromatic N) is 1. The second-order valence-electron chi connectivity index (χ2n) is 6.00. The summed E-state index contributed by atoms with van der Waals surface area (Å²) < 4.78 is 13.1. The van der Waals surface area contributed by atoms with Crippen LogP contribution in [-0.2, 0) is 16.0 Å². The van der Waals surface area contributed by atoms with Gasteiger partial charge in [0.05, 0.1) is 16.6 Å². The topological polar surface area (TPSA) is 49.4 Å². The first-order chi connectivity index (χ1) is 12.0. The molecule has 0 unspecified atom stereocenters. The number of hydrogen-bond acceptors (Lipinski definition) is 2. The Labute approximate surface area is 150 Å². The van der Waals surface area contributed by atoms with Gasteiger partial charge >= 0.3 is 0 Å². The Kier molecular flexibility index (Phi) is 5.04. The maximum absolute atomic E-state index is 13.1. The first-order valence-electron chi connectivity index (χ1n) is 8.13. The molecule has 1 saturated heterocycles. The lowest BCUT2D eigenvalue weighted by molar-refractivity contribution is -0.122. The maximum atomic E-state index is 13.1. The predicted molar refractivity (Wildman–Crippen MR) is 96.3 cm³/mol. The van der Waals surface area contributed by atoms with Gasteiger partial charge in [0.2, 0.25) is 11.8 Å². The van der Waals surface area contributed by atoms with Crippen LogP contribution in [0.5, 0.6) is 0 Å². The van der Waals surface area contributed by atoms with E-state index in [2.05, 4.69) is 5.32 Å². The van der Waals surface area contributed by atoms with Gasteiger partial charge in [0, 0.05) is 18.7 Å². The van der Waals surface area contributed by atoms with Crippen molar-refractivity contribution in [3.63, 3.8) is 0 Å². The summed E-state index contributed by atoms with van der Waals surface area (Å²) in [7, 11) is 0. The largest absolute Gasteiger partial charge is 0.324 e. The summed E-state index contributed by atoms with van der Waals surface area (Å²) in [6.45, 7) is 2.35. The highest BCUT2D eigenvalue weighted by Gasteiger charge is 2.35. The third kappa shape index (κ3) is 3.66. The smallest absolute Gasteiger partial charge is 0.229 e. The van der Waals surface area contributed by atoms with Gasteiger partial charge in [-0.2, -0.15) is 0 Å². The fourth-order valence-electron chi connectivity index (χ4n) is 3.01. The number of para-hydroxylation sites is 1. The van der Waals surface area contributed by atoms with Crippen molar-refractivity contribution in [1.82, 2.24) is 0 Å². The molecule has 0 spiro atoms. The van der Waals surface area contributed by atoms with Gasteiger partial charge in [-0.05, 0) is 36.2 Å². The zero-order valence-electron chi connectivity index (χ0n) is 13.8. The molecule has 130 valence electrons. The summed E-state index contributed by atoms with van der Waals surface area (Å²) in [4.78, 5) is 26.5. The van der Waals surface area contributed by atoms with E-state index in [1.807, 2.05) is 31.2 Å². The van der Waals surface area contributed by atoms with E-state index in [0.717, 1.165) is 23.7 Å². The van der Waals surface area contributed by atoms with Crippen LogP contribution in [0.4, 0.5) is 15.8 Å². The number of nitrogens with one attached hydrogen (secondary N) is 1. The number of halogens is 2. The summed E-state index contributed by atoms with van der Waals surface area (Å²) in [6.07, 6.45) is 0.949. The number of amides is 2. The number of carbonyl (C=O) groups is 2. The molecule has 1 fully saturated rings. The van der Waals surface area contributed by atoms with Crippen LogP contribution in [-0.4, -0.2) is 18.4 Å². The molecule has 0 aromatic heterocycles. The first-order valence-corrected chi connectivity index (χ1v) is 8.51. The molecule has 0 aliphatic carbocycles. The van der Waals surface area contributed by atoms with E-state index in [1.54, 1.807) is 4.90 Å². The van der Waals surface area contributed by atoms with E-state index in [1.165, 1.54) is 12.1 Å². The van der Waals surface area contributed by atoms with E-state index in [4.69, 9.17) is 11.6 Å². The minimum atomic E-state index is -0.474. The lowest BCUT2D eigenvalue weighted by atomic mass is 10.1. The van der Waals surface area contributed by atoms with Crippen molar-refractivity contribution < 1.29 is 14.0 Å². The number of carbonyl (C=O) groups excluding carboxylic acids is 2. The van der Waals surface area contributed by atoms with Crippen LogP contribution in [0, 0.1) is 11.7 Å². The average molecular weight is 361 g/mol. The highest BCUT2D eigenvalue weighted by atomic mass is 35.5. The minimum absolute atomic E-state index is 0.0775. The third-order valence-corrected chi connectivity index (χ3v) is 4.66. The normalized spacial score (nSPS) is 17.0. The molecule has 2 amide bonds. The summed E-state index contributed by atoms with van der Waals surface area (Å²) in [5, 5.41) is 2.81. The lowest BCUT2D eigenvalue weighted by Crippen LogP contribution is -2.28. The zero-order valence-corrected chi connectivity index (χ0v) is 14.5. The fourth-order valence-corrected chi connectivity index (χ4v) is 3.23. The predicted octanol–water partition coefficient (Wildman–Crippen LogP) is 4.03. The van der Waals surface area contributed by atoms with Crippen molar-refractivity contribution >= 4 is 34.8 Å². The molecule has 2 aromatic carbocycles. The Hall–Kier alpha value is -2.40. The van der Waals surface area contributed by atoms with Crippen molar-refractivity contribution in [1.29, 1.82) is 0 Å². The summed E-state index contributed by atoms with van der Waals surface area (Å²) in [5.41, 5.74) is 2.26. The van der Waals surface area contributed by atoms with Crippen LogP contribution in [0.15, 0.2) is 42.5 Å². The molecule has 1 aliphatic rings. The van der Waals surface area contributed by atoms with Gasteiger partial charge in [-0.25, -0.2) is 4.39 Å². The quantitative estimate of drug-likeness (QED) is 0.894. The molecule has 1 heterocycles. The van der Waals surface area contributed by atoms with E-state index in [0.29, 0.717) is 12.2 Å². The molecule has 2 aromatic rings. The molecule has 0 saturated carbocycles. The van der Waals surface area contributed by atoms with Crippen molar-refractivity contribution in [2.45, 2.75) is 19.8 Å². The molecule has 0 bridgehead atoms. The molecular formula is C19H18ClFN2O2. The van der Waals surface area contributed by atoms with Crippen LogP contribution in [0.1, 0.15) is 18.9 Å². The Bertz CT molecular complexity index is 825. The van der Waals surface area contributed by atoms with E-state index in [9.17, 15) is 14.0 Å². The monoisotopic (exact) mass is 360 g/mol. The Morgan fingerprint density at radius 3 is 2.80 bits per heavy atom. The fraction of sp³-hybridized carbons (Fsp3) is 0.263. The lowest BCUT2D eigenvalue weighted by Gasteiger charge is -2.20. The van der Waals surface area contributed by atoms with E-state index >= 15 is 0 Å². The number of hydrogen-bond donors (Lipinski definition) is 1. The SMILES string of the molecule is CCc1ccccc1N1C[C@@H](C(=O)Nc2ccc(F)cc2Cl)CC1=O. The van der Waals surface area contributed by atoms with Gasteiger partial charge in [-0.1, -0.05) is 36.7 Å². The summed E-state index contributed by atoms with van der Waals surface area (Å²) in [5.74, 6) is -1.32. The van der Waals surface area contributed by atoms with E-state index in [-0.39, 0.29) is 23.3 Å². The van der Waals surface area contributed by atoms with Gasteiger partial charge in [-0.3, -0.25) is 9.59 Å². The van der Waals surface area contributed by atoms with Gasteiger partial charge in [0.1, 0.15) is 5.82 Å². The second-order valence-corrected chi connectivity index (χ2v) is 6.41. The summed E-state index contributed by atoms with van der Waals surface area (Å²) in [6, 6.07) is 11.5. The third-order valence-electron chi connectivity index (χ3n) is 4.35. The number of benzene rings is 2. The Morgan fingerprint density at radius 1 is 1.32 bits per heavy atom. The number of anilines is 2. The van der Waals surface area contributed by atoms with Crippen molar-refractivity contribution in [3.05, 3.63) is 58.9 Å². The second kappa shape index (κ2) is 7.23. The molecule has 25 heavy (non-hydrogen) atoms. The van der Waals surface area contributed by atoms with Gasteiger partial charge < -0.3 is 10.2 Å². The van der Waals surface area contributed by atoms with E-state index < -0.39 is 11.7 Å². The van der Waals surface area contributed by atoms with Crippen LogP contribution >= 0.6 is 11.6 Å². The van der Waals surface area contributed by atoms with Gasteiger partial charge in [0.15, 0.2) is 0 Å². The minimum Gasteiger partial charge on any atom is -0.324 e. The Balaban J connectivity index is 1.74. The molecule has 4 nitrogen and oxygen atoms in total. The van der Waals surface area contributed by atoms with Crippen LogP contribution in [0.25, 0.3) is 0 Å². The van der Waals surface area contributed by atoms with Crippen LogP contribution in [0.2, 0.25) is 5.02 Å². The van der Waals surface area contributed by atoms with Crippen molar-refractivity contribution in [2.24, 2.45) is 5.92 Å². The molecule has 6 heteroatoms. The standard InChI is InChI=1S/C19H18ClFN2O2/c1-2-12-5-3-4-6-17(12)23-11-13(9-18(23)24)19(25)22-16-8-7-14(21)10-15(16)20/h3-8,10,13H,2,9,11H2,1H3,(H,22,25)/t13-/m0/s1. The maximum Gasteiger partial charge on any atom is 0.229 e. The molecule has 1 N–H and O–H groups in total. The Morgan fingerprint density at radius 2 is 2.08 bits per heavy atom. The van der Waals surface area contributed by atoms with Crippen LogP contribution in [0.3, 0.4) is 0 Å². The van der Waals surface area contributed by atoms with Crippen LogP contribution < -0.4 is 10.2 Å². The number of rotatable bonds is 4. The van der Waals surface area contributed by atoms with Crippen molar-refractivity contribution in [3.8, 4) is 0 Å². The molecule has 1 atom stereocenters. The zero-order chi connectivity index (χ0) is 18.0. The highest BCUT2D eigenvalue weighted by Crippen LogP contribution is 2.30. The summed E-state index contributed by atoms with van der Waals surface area (Å²) >= 11 is 5.94.